The number of nitrogens with two attached hydrogens (primary N) is 2. The summed E-state index contributed by atoms with van der Waals surface area (Å²) in [6.07, 6.45) is -0.621. The topological polar surface area (TPSA) is 89.3 Å². The van der Waals surface area contributed by atoms with Crippen LogP contribution in [-0.4, -0.2) is 11.1 Å². The lowest BCUT2D eigenvalue weighted by atomic mass is 10.1. The molecular formula is C8H10N2O2. The Labute approximate surface area is 69.8 Å². The van der Waals surface area contributed by atoms with Crippen molar-refractivity contribution in [2.24, 2.45) is 11.5 Å². The lowest BCUT2D eigenvalue weighted by Crippen LogP contribution is -2.20. The summed E-state index contributed by atoms with van der Waals surface area (Å²) in [7, 11) is 0. The molecule has 0 aromatic heterocycles. The van der Waals surface area contributed by atoms with Gasteiger partial charge in [0.25, 0.3) is 0 Å². The van der Waals surface area contributed by atoms with Gasteiger partial charge in [0.2, 0.25) is 0 Å². The maximum absolute atomic E-state index is 10.5. The maximum Gasteiger partial charge on any atom is 0.335 e. The Morgan fingerprint density at radius 3 is 2.58 bits per heavy atom. The van der Waals surface area contributed by atoms with Gasteiger partial charge < -0.3 is 16.6 Å². The van der Waals surface area contributed by atoms with E-state index in [0.717, 1.165) is 0 Å². The highest BCUT2D eigenvalue weighted by molar-refractivity contribution is 5.87. The number of hydrogen-bond donors (Lipinski definition) is 3. The first-order valence-electron chi connectivity index (χ1n) is 3.45. The minimum absolute atomic E-state index is 0.202. The van der Waals surface area contributed by atoms with Gasteiger partial charge in [-0.3, -0.25) is 0 Å². The Kier molecular flexibility index (Phi) is 2.42. The smallest absolute Gasteiger partial charge is 0.335 e. The second-order valence-electron chi connectivity index (χ2n) is 2.46. The molecule has 1 aromatic carbocycles. The molecule has 0 fully saturated rings. The number of carboxylic acids is 1. The van der Waals surface area contributed by atoms with Crippen LogP contribution in [-0.2, 0) is 0 Å². The highest BCUT2D eigenvalue weighted by Gasteiger charge is 2.04. The molecule has 0 saturated heterocycles. The van der Waals surface area contributed by atoms with Crippen LogP contribution in [0.2, 0.25) is 0 Å². The molecule has 0 heterocycles. The Morgan fingerprint density at radius 2 is 2.08 bits per heavy atom. The van der Waals surface area contributed by atoms with Crippen molar-refractivity contribution < 1.29 is 9.90 Å². The number of carboxylic acid groups (broad SMARTS) is 1. The summed E-state index contributed by atoms with van der Waals surface area (Å²) in [5, 5.41) is 8.61. The highest BCUT2D eigenvalue weighted by Crippen LogP contribution is 2.08. The average molecular weight is 166 g/mol. The zero-order valence-electron chi connectivity index (χ0n) is 6.40. The second kappa shape index (κ2) is 3.34. The van der Waals surface area contributed by atoms with E-state index in [-0.39, 0.29) is 5.56 Å². The molecular weight excluding hydrogens is 156 g/mol. The van der Waals surface area contributed by atoms with E-state index in [2.05, 4.69) is 0 Å². The van der Waals surface area contributed by atoms with Crippen LogP contribution >= 0.6 is 0 Å². The van der Waals surface area contributed by atoms with Crippen molar-refractivity contribution in [1.82, 2.24) is 0 Å². The SMILES string of the molecule is NC(N)c1cccc(C(=O)O)c1. The molecule has 5 N–H and O–H groups in total. The molecule has 0 saturated carbocycles. The van der Waals surface area contributed by atoms with Crippen LogP contribution in [0.3, 0.4) is 0 Å². The molecule has 0 amide bonds. The van der Waals surface area contributed by atoms with Gasteiger partial charge in [-0.05, 0) is 17.7 Å². The molecule has 4 heteroatoms. The third-order valence-corrected chi connectivity index (χ3v) is 1.52. The average Bonchev–Trinajstić information content (AvgIpc) is 2.04. The van der Waals surface area contributed by atoms with Gasteiger partial charge in [-0.15, -0.1) is 0 Å². The van der Waals surface area contributed by atoms with E-state index in [9.17, 15) is 4.79 Å². The van der Waals surface area contributed by atoms with Gasteiger partial charge in [-0.25, -0.2) is 4.79 Å². The molecule has 0 aliphatic carbocycles. The Morgan fingerprint density at radius 1 is 1.42 bits per heavy atom. The Hall–Kier alpha value is -1.39. The van der Waals surface area contributed by atoms with E-state index < -0.39 is 12.1 Å². The van der Waals surface area contributed by atoms with Gasteiger partial charge in [-0.2, -0.15) is 0 Å². The van der Waals surface area contributed by atoms with Gasteiger partial charge >= 0.3 is 5.97 Å². The van der Waals surface area contributed by atoms with E-state index in [4.69, 9.17) is 16.6 Å². The predicted octanol–water partition coefficient (Wildman–Crippen LogP) is 0.301. The Balaban J connectivity index is 3.04. The minimum atomic E-state index is -0.975. The third kappa shape index (κ3) is 1.81. The largest absolute Gasteiger partial charge is 0.478 e. The fourth-order valence-electron chi connectivity index (χ4n) is 0.879. The van der Waals surface area contributed by atoms with Crippen LogP contribution in [0.4, 0.5) is 0 Å². The zero-order valence-corrected chi connectivity index (χ0v) is 6.40. The number of aromatic carboxylic acids is 1. The van der Waals surface area contributed by atoms with Crippen molar-refractivity contribution in [1.29, 1.82) is 0 Å². The van der Waals surface area contributed by atoms with Crippen molar-refractivity contribution in [3.8, 4) is 0 Å². The summed E-state index contributed by atoms with van der Waals surface area (Å²) < 4.78 is 0. The normalized spacial score (nSPS) is 10.2. The quantitative estimate of drug-likeness (QED) is 0.551. The van der Waals surface area contributed by atoms with Crippen molar-refractivity contribution in [2.75, 3.05) is 0 Å². The van der Waals surface area contributed by atoms with E-state index in [1.54, 1.807) is 12.1 Å². The minimum Gasteiger partial charge on any atom is -0.478 e. The molecule has 64 valence electrons. The molecule has 1 rings (SSSR count). The van der Waals surface area contributed by atoms with Crippen LogP contribution in [0.1, 0.15) is 22.1 Å². The first-order chi connectivity index (χ1) is 5.61. The summed E-state index contributed by atoms with van der Waals surface area (Å²) in [4.78, 5) is 10.5. The predicted molar refractivity (Wildman–Crippen MR) is 44.5 cm³/mol. The lowest BCUT2D eigenvalue weighted by molar-refractivity contribution is 0.0697. The molecule has 0 aliphatic rings. The maximum atomic E-state index is 10.5. The molecule has 1 aromatic rings. The van der Waals surface area contributed by atoms with Crippen LogP contribution in [0, 0.1) is 0 Å². The molecule has 0 unspecified atom stereocenters. The number of rotatable bonds is 2. The first-order valence-corrected chi connectivity index (χ1v) is 3.45. The molecule has 0 bridgehead atoms. The monoisotopic (exact) mass is 166 g/mol. The molecule has 0 aliphatic heterocycles. The van der Waals surface area contributed by atoms with Crippen LogP contribution in [0.25, 0.3) is 0 Å². The van der Waals surface area contributed by atoms with Crippen molar-refractivity contribution in [3.05, 3.63) is 35.4 Å². The summed E-state index contributed by atoms with van der Waals surface area (Å²) >= 11 is 0. The third-order valence-electron chi connectivity index (χ3n) is 1.52. The Bertz CT molecular complexity index is 297. The van der Waals surface area contributed by atoms with Gasteiger partial charge in [-0.1, -0.05) is 12.1 Å². The van der Waals surface area contributed by atoms with E-state index in [1.807, 2.05) is 0 Å². The van der Waals surface area contributed by atoms with Gasteiger partial charge in [0, 0.05) is 0 Å². The molecule has 0 radical (unpaired) electrons. The summed E-state index contributed by atoms with van der Waals surface area (Å²) in [5.74, 6) is -0.975. The van der Waals surface area contributed by atoms with Crippen molar-refractivity contribution in [2.45, 2.75) is 6.17 Å². The molecule has 0 spiro atoms. The standard InChI is InChI=1S/C8H10N2O2/c9-7(10)5-2-1-3-6(4-5)8(11)12/h1-4,7H,9-10H2,(H,11,12). The van der Waals surface area contributed by atoms with Gasteiger partial charge in [0.1, 0.15) is 0 Å². The summed E-state index contributed by atoms with van der Waals surface area (Å²) in [5.41, 5.74) is 11.6. The second-order valence-corrected chi connectivity index (χ2v) is 2.46. The number of benzene rings is 1. The summed E-state index contributed by atoms with van der Waals surface area (Å²) in [6, 6.07) is 6.27. The molecule has 4 nitrogen and oxygen atoms in total. The van der Waals surface area contributed by atoms with E-state index in [1.165, 1.54) is 12.1 Å². The zero-order chi connectivity index (χ0) is 9.14. The van der Waals surface area contributed by atoms with Crippen molar-refractivity contribution in [3.63, 3.8) is 0 Å². The fraction of sp³-hybridized carbons (Fsp3) is 0.125. The lowest BCUT2D eigenvalue weighted by Gasteiger charge is -2.05. The first kappa shape index (κ1) is 8.70. The van der Waals surface area contributed by atoms with Gasteiger partial charge in [0.15, 0.2) is 0 Å². The van der Waals surface area contributed by atoms with E-state index >= 15 is 0 Å². The number of carbonyl (C=O) groups is 1. The van der Waals surface area contributed by atoms with Crippen LogP contribution in [0.5, 0.6) is 0 Å². The molecule has 0 atom stereocenters. The van der Waals surface area contributed by atoms with Gasteiger partial charge in [0.05, 0.1) is 11.7 Å². The van der Waals surface area contributed by atoms with Crippen molar-refractivity contribution >= 4 is 5.97 Å². The fourth-order valence-corrected chi connectivity index (χ4v) is 0.879. The van der Waals surface area contributed by atoms with E-state index in [0.29, 0.717) is 5.56 Å². The number of hydrogen-bond acceptors (Lipinski definition) is 3. The highest BCUT2D eigenvalue weighted by atomic mass is 16.4. The molecule has 12 heavy (non-hydrogen) atoms. The summed E-state index contributed by atoms with van der Waals surface area (Å²) in [6.45, 7) is 0. The van der Waals surface area contributed by atoms with Crippen LogP contribution in [0.15, 0.2) is 24.3 Å². The van der Waals surface area contributed by atoms with Crippen LogP contribution < -0.4 is 11.5 Å².